The number of nitrogens with one attached hydrogen (secondary N) is 2. The molecule has 7 nitrogen and oxygen atoms in total. The maximum absolute atomic E-state index is 13.0. The largest absolute Gasteiger partial charge is 0.482 e. The van der Waals surface area contributed by atoms with E-state index in [0.29, 0.717) is 17.0 Å². The summed E-state index contributed by atoms with van der Waals surface area (Å²) in [7, 11) is -3.70. The van der Waals surface area contributed by atoms with Crippen molar-refractivity contribution < 1.29 is 22.7 Å². The molecule has 1 heterocycles. The number of carbonyl (C=O) groups is 2. The third-order valence-corrected chi connectivity index (χ3v) is 7.22. The molecule has 1 aliphatic heterocycles. The number of ether oxygens (including phenoxy) is 1. The van der Waals surface area contributed by atoms with E-state index in [1.54, 1.807) is 19.9 Å². The van der Waals surface area contributed by atoms with Crippen molar-refractivity contribution in [2.45, 2.75) is 62.1 Å². The first-order chi connectivity index (χ1) is 12.3. The zero-order chi connectivity index (χ0) is 18.9. The fraction of sp³-hybridized carbons (Fsp3) is 0.556. The Bertz CT molecular complexity index is 828. The monoisotopic (exact) mass is 380 g/mol. The van der Waals surface area contributed by atoms with Crippen LogP contribution in [-0.2, 0) is 19.4 Å². The van der Waals surface area contributed by atoms with Gasteiger partial charge in [0.15, 0.2) is 16.4 Å². The van der Waals surface area contributed by atoms with Gasteiger partial charge in [-0.3, -0.25) is 9.59 Å². The maximum Gasteiger partial charge on any atom is 0.262 e. The number of rotatable bonds is 5. The molecule has 2 aliphatic rings. The van der Waals surface area contributed by atoms with Gasteiger partial charge >= 0.3 is 0 Å². The third kappa shape index (κ3) is 3.85. The number of carbonyl (C=O) groups excluding carboxylic acids is 2. The van der Waals surface area contributed by atoms with E-state index < -0.39 is 15.1 Å². The number of aryl methyl sites for hydroxylation is 1. The third-order valence-electron chi connectivity index (χ3n) is 4.94. The lowest BCUT2D eigenvalue weighted by atomic mass is 10.2. The first-order valence-electron chi connectivity index (χ1n) is 8.88. The Kier molecular flexibility index (Phi) is 5.22. The molecule has 2 N–H and O–H groups in total. The lowest BCUT2D eigenvalue weighted by molar-refractivity contribution is -0.121. The van der Waals surface area contributed by atoms with Gasteiger partial charge in [-0.15, -0.1) is 0 Å². The number of benzene rings is 1. The number of sulfone groups is 1. The van der Waals surface area contributed by atoms with Crippen molar-refractivity contribution in [2.75, 3.05) is 11.9 Å². The molecule has 0 bridgehead atoms. The van der Waals surface area contributed by atoms with Crippen molar-refractivity contribution in [1.29, 1.82) is 0 Å². The Balaban J connectivity index is 1.76. The van der Waals surface area contributed by atoms with Crippen molar-refractivity contribution >= 4 is 27.3 Å². The standard InChI is InChI=1S/C18H24N2O5S/c1-11-7-14-15(25-10-18(22)20-14)9-16(11)26(23,24)12(2)8-17(21)19-13-5-3-4-6-13/h7,9,12-13H,3-6,8,10H2,1-2H3,(H,19,21)(H,20,22)/t12-/m1/s1. The Morgan fingerprint density at radius 1 is 1.35 bits per heavy atom. The summed E-state index contributed by atoms with van der Waals surface area (Å²) in [5.74, 6) is -0.173. The Hall–Kier alpha value is -2.09. The smallest absolute Gasteiger partial charge is 0.262 e. The van der Waals surface area contributed by atoms with Crippen molar-refractivity contribution in [3.05, 3.63) is 17.7 Å². The van der Waals surface area contributed by atoms with Crippen molar-refractivity contribution in [3.63, 3.8) is 0 Å². The van der Waals surface area contributed by atoms with Crippen LogP contribution in [0.3, 0.4) is 0 Å². The van der Waals surface area contributed by atoms with Crippen molar-refractivity contribution in [1.82, 2.24) is 5.32 Å². The zero-order valence-electron chi connectivity index (χ0n) is 15.0. The average molecular weight is 380 g/mol. The van der Waals surface area contributed by atoms with E-state index in [-0.39, 0.29) is 35.8 Å². The average Bonchev–Trinajstić information content (AvgIpc) is 3.06. The van der Waals surface area contributed by atoms with Crippen LogP contribution in [0.4, 0.5) is 5.69 Å². The fourth-order valence-electron chi connectivity index (χ4n) is 3.47. The molecule has 0 radical (unpaired) electrons. The first-order valence-corrected chi connectivity index (χ1v) is 10.4. The minimum Gasteiger partial charge on any atom is -0.482 e. The molecule has 0 spiro atoms. The summed E-state index contributed by atoms with van der Waals surface area (Å²) in [6, 6.07) is 3.19. The molecule has 1 atom stereocenters. The second-order valence-corrected chi connectivity index (χ2v) is 9.39. The zero-order valence-corrected chi connectivity index (χ0v) is 15.8. The van der Waals surface area contributed by atoms with E-state index >= 15 is 0 Å². The molecule has 2 amide bonds. The highest BCUT2D eigenvalue weighted by molar-refractivity contribution is 7.92. The summed E-state index contributed by atoms with van der Waals surface area (Å²) in [5.41, 5.74) is 0.974. The first kappa shape index (κ1) is 18.7. The van der Waals surface area contributed by atoms with Crippen LogP contribution in [0.15, 0.2) is 17.0 Å². The molecule has 26 heavy (non-hydrogen) atoms. The van der Waals surface area contributed by atoms with Gasteiger partial charge in [0.05, 0.1) is 15.8 Å². The molecule has 3 rings (SSSR count). The molecule has 1 aromatic rings. The van der Waals surface area contributed by atoms with Gasteiger partial charge in [-0.1, -0.05) is 12.8 Å². The highest BCUT2D eigenvalue weighted by atomic mass is 32.2. The van der Waals surface area contributed by atoms with Crippen LogP contribution in [0.5, 0.6) is 5.75 Å². The summed E-state index contributed by atoms with van der Waals surface area (Å²) < 4.78 is 31.2. The molecule has 8 heteroatoms. The second kappa shape index (κ2) is 7.26. The Morgan fingerprint density at radius 2 is 2.04 bits per heavy atom. The number of hydrogen-bond acceptors (Lipinski definition) is 5. The quantitative estimate of drug-likeness (QED) is 0.813. The van der Waals surface area contributed by atoms with Gasteiger partial charge in [0, 0.05) is 18.5 Å². The minimum atomic E-state index is -3.70. The van der Waals surface area contributed by atoms with E-state index in [1.165, 1.54) is 6.07 Å². The van der Waals surface area contributed by atoms with E-state index in [4.69, 9.17) is 4.74 Å². The van der Waals surface area contributed by atoms with Gasteiger partial charge in [-0.05, 0) is 38.3 Å². The summed E-state index contributed by atoms with van der Waals surface area (Å²) >= 11 is 0. The van der Waals surface area contributed by atoms with E-state index in [2.05, 4.69) is 10.6 Å². The lowest BCUT2D eigenvalue weighted by Crippen LogP contribution is -2.36. The molecular formula is C18H24N2O5S. The summed E-state index contributed by atoms with van der Waals surface area (Å²) in [4.78, 5) is 23.7. The van der Waals surface area contributed by atoms with Gasteiger partial charge in [0.2, 0.25) is 5.91 Å². The number of hydrogen-bond donors (Lipinski definition) is 2. The second-order valence-electron chi connectivity index (χ2n) is 7.06. The highest BCUT2D eigenvalue weighted by Crippen LogP contribution is 2.34. The summed E-state index contributed by atoms with van der Waals surface area (Å²) in [5, 5.41) is 4.74. The minimum absolute atomic E-state index is 0.0764. The Morgan fingerprint density at radius 3 is 2.73 bits per heavy atom. The van der Waals surface area contributed by atoms with Crippen LogP contribution in [0.2, 0.25) is 0 Å². The number of anilines is 1. The molecule has 0 saturated heterocycles. The molecule has 1 fully saturated rings. The van der Waals surface area contributed by atoms with E-state index in [0.717, 1.165) is 25.7 Å². The van der Waals surface area contributed by atoms with Crippen LogP contribution in [0, 0.1) is 6.92 Å². The predicted molar refractivity (Wildman–Crippen MR) is 97.0 cm³/mol. The SMILES string of the molecule is Cc1cc2c(cc1S(=O)(=O)[C@H](C)CC(=O)NC1CCCC1)OCC(=O)N2. The normalized spacial score (nSPS) is 18.6. The molecule has 142 valence electrons. The number of amides is 2. The van der Waals surface area contributed by atoms with Crippen LogP contribution in [-0.4, -0.2) is 38.1 Å². The highest BCUT2D eigenvalue weighted by Gasteiger charge is 2.30. The fourth-order valence-corrected chi connectivity index (χ4v) is 5.05. The predicted octanol–water partition coefficient (Wildman–Crippen LogP) is 1.94. The van der Waals surface area contributed by atoms with Crippen molar-refractivity contribution in [2.24, 2.45) is 0 Å². The maximum atomic E-state index is 13.0. The Labute approximate surface area is 153 Å². The molecule has 1 aliphatic carbocycles. The van der Waals surface area contributed by atoms with Gasteiger partial charge in [0.1, 0.15) is 5.75 Å². The van der Waals surface area contributed by atoms with E-state index in [1.807, 2.05) is 0 Å². The molecule has 0 aromatic heterocycles. The van der Waals surface area contributed by atoms with Crippen LogP contribution < -0.4 is 15.4 Å². The number of fused-ring (bicyclic) bond motifs is 1. The van der Waals surface area contributed by atoms with Crippen LogP contribution in [0.25, 0.3) is 0 Å². The topological polar surface area (TPSA) is 102 Å². The lowest BCUT2D eigenvalue weighted by Gasteiger charge is -2.21. The van der Waals surface area contributed by atoms with Gasteiger partial charge < -0.3 is 15.4 Å². The molecule has 1 saturated carbocycles. The molecule has 1 aromatic carbocycles. The van der Waals surface area contributed by atoms with Gasteiger partial charge in [-0.2, -0.15) is 0 Å². The van der Waals surface area contributed by atoms with Gasteiger partial charge in [-0.25, -0.2) is 8.42 Å². The van der Waals surface area contributed by atoms with Gasteiger partial charge in [0.25, 0.3) is 5.91 Å². The van der Waals surface area contributed by atoms with Crippen LogP contribution in [0.1, 0.15) is 44.6 Å². The molecular weight excluding hydrogens is 356 g/mol. The summed E-state index contributed by atoms with van der Waals surface area (Å²) in [6.07, 6.45) is 4.04. The van der Waals surface area contributed by atoms with E-state index in [9.17, 15) is 18.0 Å². The van der Waals surface area contributed by atoms with Crippen molar-refractivity contribution in [3.8, 4) is 5.75 Å². The summed E-state index contributed by atoms with van der Waals surface area (Å²) in [6.45, 7) is 3.07. The van der Waals surface area contributed by atoms with Crippen LogP contribution >= 0.6 is 0 Å². The molecule has 0 unspecified atom stereocenters.